The van der Waals surface area contributed by atoms with Gasteiger partial charge in [-0.15, -0.1) is 0 Å². The lowest BCUT2D eigenvalue weighted by Crippen LogP contribution is -2.10. The van der Waals surface area contributed by atoms with Crippen molar-refractivity contribution >= 4 is 17.7 Å². The first-order valence-electron chi connectivity index (χ1n) is 9.78. The van der Waals surface area contributed by atoms with Crippen molar-refractivity contribution in [1.29, 1.82) is 0 Å². The highest BCUT2D eigenvalue weighted by molar-refractivity contribution is 6.02. The van der Waals surface area contributed by atoms with Gasteiger partial charge in [-0.3, -0.25) is 4.79 Å². The number of para-hydroxylation sites is 1. The molecule has 4 heteroatoms. The van der Waals surface area contributed by atoms with Crippen LogP contribution in [0.4, 0.5) is 5.69 Å². The molecule has 1 aliphatic rings. The van der Waals surface area contributed by atoms with E-state index in [0.717, 1.165) is 41.2 Å². The Kier molecular flexibility index (Phi) is 5.91. The Balaban J connectivity index is 1.44. The molecule has 0 fully saturated rings. The summed E-state index contributed by atoms with van der Waals surface area (Å²) in [6.45, 7) is 1.30. The molecule has 29 heavy (non-hydrogen) atoms. The molecule has 1 aliphatic heterocycles. The second kappa shape index (κ2) is 9.11. The minimum absolute atomic E-state index is 0.169. The first-order chi connectivity index (χ1) is 14.3. The largest absolute Gasteiger partial charge is 0.490 e. The summed E-state index contributed by atoms with van der Waals surface area (Å²) in [7, 11) is 0. The molecule has 4 rings (SSSR count). The van der Waals surface area contributed by atoms with Crippen LogP contribution >= 0.6 is 0 Å². The highest BCUT2D eigenvalue weighted by atomic mass is 16.5. The molecular formula is C25H23NO3. The van der Waals surface area contributed by atoms with Crippen molar-refractivity contribution in [3.05, 3.63) is 95.6 Å². The van der Waals surface area contributed by atoms with Crippen LogP contribution in [0.15, 0.2) is 78.9 Å². The maximum absolute atomic E-state index is 12.5. The Morgan fingerprint density at radius 3 is 2.52 bits per heavy atom. The standard InChI is InChI=1S/C25H23NO3/c27-25(14-12-20-11-13-23-24(18-20)29-16-6-15-28-23)26-22-10-5-4-9-21(22)17-19-7-2-1-3-8-19/h1-5,7-14,18H,6,15-17H2,(H,26,27)/b14-12+. The molecule has 3 aromatic carbocycles. The molecular weight excluding hydrogens is 362 g/mol. The summed E-state index contributed by atoms with van der Waals surface area (Å²) in [6, 6.07) is 23.8. The van der Waals surface area contributed by atoms with Crippen molar-refractivity contribution in [2.75, 3.05) is 18.5 Å². The van der Waals surface area contributed by atoms with Gasteiger partial charge in [0.05, 0.1) is 13.2 Å². The van der Waals surface area contributed by atoms with Gasteiger partial charge in [0, 0.05) is 18.2 Å². The number of nitrogens with one attached hydrogen (secondary N) is 1. The molecule has 0 saturated heterocycles. The van der Waals surface area contributed by atoms with Gasteiger partial charge in [0.1, 0.15) is 0 Å². The quantitative estimate of drug-likeness (QED) is 0.622. The van der Waals surface area contributed by atoms with Gasteiger partial charge in [0.15, 0.2) is 11.5 Å². The van der Waals surface area contributed by atoms with Crippen molar-refractivity contribution in [2.24, 2.45) is 0 Å². The molecule has 0 bridgehead atoms. The zero-order valence-electron chi connectivity index (χ0n) is 16.1. The normalized spacial score (nSPS) is 13.1. The average molecular weight is 385 g/mol. The molecule has 1 heterocycles. The topological polar surface area (TPSA) is 47.6 Å². The first kappa shape index (κ1) is 18.8. The summed E-state index contributed by atoms with van der Waals surface area (Å²) < 4.78 is 11.3. The van der Waals surface area contributed by atoms with E-state index in [9.17, 15) is 4.79 Å². The zero-order chi connectivity index (χ0) is 19.9. The second-order valence-electron chi connectivity index (χ2n) is 6.90. The number of rotatable bonds is 5. The summed E-state index contributed by atoms with van der Waals surface area (Å²) in [5.41, 5.74) is 4.00. The summed E-state index contributed by atoms with van der Waals surface area (Å²) >= 11 is 0. The molecule has 0 unspecified atom stereocenters. The van der Waals surface area contributed by atoms with Crippen LogP contribution in [0.25, 0.3) is 6.08 Å². The average Bonchev–Trinajstić information content (AvgIpc) is 2.99. The van der Waals surface area contributed by atoms with Gasteiger partial charge < -0.3 is 14.8 Å². The van der Waals surface area contributed by atoms with Crippen molar-refractivity contribution in [3.8, 4) is 11.5 Å². The van der Waals surface area contributed by atoms with E-state index in [1.165, 1.54) is 5.56 Å². The SMILES string of the molecule is O=C(/C=C/c1ccc2c(c1)OCCCO2)Nc1ccccc1Cc1ccccc1. The van der Waals surface area contributed by atoms with Gasteiger partial charge in [0.2, 0.25) is 5.91 Å². The fourth-order valence-electron chi connectivity index (χ4n) is 3.24. The van der Waals surface area contributed by atoms with Crippen LogP contribution in [0.2, 0.25) is 0 Å². The third-order valence-electron chi connectivity index (χ3n) is 4.71. The maximum Gasteiger partial charge on any atom is 0.248 e. The van der Waals surface area contributed by atoms with Gasteiger partial charge in [-0.05, 0) is 47.4 Å². The third-order valence-corrected chi connectivity index (χ3v) is 4.71. The van der Waals surface area contributed by atoms with Gasteiger partial charge in [-0.1, -0.05) is 54.6 Å². The Labute approximate surface area is 170 Å². The van der Waals surface area contributed by atoms with E-state index in [2.05, 4.69) is 17.4 Å². The van der Waals surface area contributed by atoms with Crippen LogP contribution in [0.5, 0.6) is 11.5 Å². The lowest BCUT2D eigenvalue weighted by molar-refractivity contribution is -0.111. The van der Waals surface area contributed by atoms with Gasteiger partial charge >= 0.3 is 0 Å². The summed E-state index contributed by atoms with van der Waals surface area (Å²) in [5, 5.41) is 2.99. The highest BCUT2D eigenvalue weighted by Crippen LogP contribution is 2.30. The zero-order valence-corrected chi connectivity index (χ0v) is 16.1. The van der Waals surface area contributed by atoms with Crippen LogP contribution in [0.3, 0.4) is 0 Å². The third kappa shape index (κ3) is 5.05. The monoisotopic (exact) mass is 385 g/mol. The van der Waals surface area contributed by atoms with E-state index in [4.69, 9.17) is 9.47 Å². The first-order valence-corrected chi connectivity index (χ1v) is 9.78. The molecule has 146 valence electrons. The maximum atomic E-state index is 12.5. The predicted molar refractivity (Wildman–Crippen MR) is 115 cm³/mol. The van der Waals surface area contributed by atoms with Crippen molar-refractivity contribution in [2.45, 2.75) is 12.8 Å². The molecule has 3 aromatic rings. The second-order valence-corrected chi connectivity index (χ2v) is 6.90. The van der Waals surface area contributed by atoms with Crippen molar-refractivity contribution < 1.29 is 14.3 Å². The van der Waals surface area contributed by atoms with E-state index in [1.807, 2.05) is 60.7 Å². The highest BCUT2D eigenvalue weighted by Gasteiger charge is 2.10. The van der Waals surface area contributed by atoms with E-state index < -0.39 is 0 Å². The Morgan fingerprint density at radius 2 is 1.66 bits per heavy atom. The molecule has 0 atom stereocenters. The smallest absolute Gasteiger partial charge is 0.248 e. The number of hydrogen-bond donors (Lipinski definition) is 1. The molecule has 1 amide bonds. The van der Waals surface area contributed by atoms with Crippen LogP contribution in [-0.2, 0) is 11.2 Å². The summed E-state index contributed by atoms with van der Waals surface area (Å²) in [5.74, 6) is 1.30. The number of anilines is 1. The minimum atomic E-state index is -0.169. The molecule has 0 radical (unpaired) electrons. The number of benzene rings is 3. The van der Waals surface area contributed by atoms with E-state index in [-0.39, 0.29) is 5.91 Å². The molecule has 4 nitrogen and oxygen atoms in total. The van der Waals surface area contributed by atoms with E-state index in [0.29, 0.717) is 13.2 Å². The number of carbonyl (C=O) groups excluding carboxylic acids is 1. The van der Waals surface area contributed by atoms with Gasteiger partial charge in [0.25, 0.3) is 0 Å². The molecule has 0 saturated carbocycles. The lowest BCUT2D eigenvalue weighted by Gasteiger charge is -2.10. The lowest BCUT2D eigenvalue weighted by atomic mass is 10.0. The molecule has 0 spiro atoms. The van der Waals surface area contributed by atoms with Crippen molar-refractivity contribution in [3.63, 3.8) is 0 Å². The molecule has 1 N–H and O–H groups in total. The minimum Gasteiger partial charge on any atom is -0.490 e. The number of ether oxygens (including phenoxy) is 2. The van der Waals surface area contributed by atoms with Crippen LogP contribution in [0.1, 0.15) is 23.1 Å². The number of hydrogen-bond acceptors (Lipinski definition) is 3. The van der Waals surface area contributed by atoms with Gasteiger partial charge in [-0.25, -0.2) is 0 Å². The fraction of sp³-hybridized carbons (Fsp3) is 0.160. The van der Waals surface area contributed by atoms with Crippen LogP contribution in [0, 0.1) is 0 Å². The number of carbonyl (C=O) groups is 1. The number of amides is 1. The Hall–Kier alpha value is -3.53. The molecule has 0 aliphatic carbocycles. The number of fused-ring (bicyclic) bond motifs is 1. The summed E-state index contributed by atoms with van der Waals surface area (Å²) in [4.78, 5) is 12.5. The Morgan fingerprint density at radius 1 is 0.897 bits per heavy atom. The van der Waals surface area contributed by atoms with Crippen LogP contribution in [-0.4, -0.2) is 19.1 Å². The fourth-order valence-corrected chi connectivity index (χ4v) is 3.24. The van der Waals surface area contributed by atoms with Crippen molar-refractivity contribution in [1.82, 2.24) is 0 Å². The van der Waals surface area contributed by atoms with E-state index >= 15 is 0 Å². The summed E-state index contributed by atoms with van der Waals surface area (Å²) in [6.07, 6.45) is 4.95. The van der Waals surface area contributed by atoms with Gasteiger partial charge in [-0.2, -0.15) is 0 Å². The van der Waals surface area contributed by atoms with Crippen LogP contribution < -0.4 is 14.8 Å². The Bertz CT molecular complexity index is 1010. The molecule has 0 aromatic heterocycles. The predicted octanol–water partition coefficient (Wildman–Crippen LogP) is 5.09. The van der Waals surface area contributed by atoms with E-state index in [1.54, 1.807) is 12.2 Å².